The Morgan fingerprint density at radius 2 is 2.11 bits per heavy atom. The van der Waals surface area contributed by atoms with Crippen LogP contribution in [-0.4, -0.2) is 36.9 Å². The maximum absolute atomic E-state index is 12.9. The van der Waals surface area contributed by atoms with E-state index in [0.29, 0.717) is 16.6 Å². The summed E-state index contributed by atoms with van der Waals surface area (Å²) in [4.78, 5) is 24.8. The molecule has 0 saturated carbocycles. The fourth-order valence-corrected chi connectivity index (χ4v) is 1.93. The van der Waals surface area contributed by atoms with Crippen LogP contribution in [0.15, 0.2) is 22.7 Å². The number of likely N-dealkylation sites (N-methyl/N-ethyl adjacent to an activating group) is 2. The van der Waals surface area contributed by atoms with E-state index in [0.717, 1.165) is 0 Å². The van der Waals surface area contributed by atoms with Crippen molar-refractivity contribution in [2.45, 2.75) is 6.92 Å². The SMILES string of the molecule is CCN(CC(=O)NC)C(=O)c1ccc(F)cc1Br. The summed E-state index contributed by atoms with van der Waals surface area (Å²) in [6, 6.07) is 3.83. The molecule has 18 heavy (non-hydrogen) atoms. The van der Waals surface area contributed by atoms with Crippen molar-refractivity contribution in [2.24, 2.45) is 0 Å². The molecule has 0 bridgehead atoms. The maximum Gasteiger partial charge on any atom is 0.255 e. The summed E-state index contributed by atoms with van der Waals surface area (Å²) < 4.78 is 13.3. The van der Waals surface area contributed by atoms with Gasteiger partial charge in [0.25, 0.3) is 5.91 Å². The summed E-state index contributed by atoms with van der Waals surface area (Å²) >= 11 is 3.14. The highest BCUT2D eigenvalue weighted by Gasteiger charge is 2.19. The maximum atomic E-state index is 12.9. The number of benzene rings is 1. The van der Waals surface area contributed by atoms with Crippen LogP contribution in [0.5, 0.6) is 0 Å². The molecule has 0 radical (unpaired) electrons. The Morgan fingerprint density at radius 3 is 2.61 bits per heavy atom. The summed E-state index contributed by atoms with van der Waals surface area (Å²) in [5.74, 6) is -0.982. The van der Waals surface area contributed by atoms with Gasteiger partial charge in [-0.1, -0.05) is 0 Å². The van der Waals surface area contributed by atoms with Gasteiger partial charge in [0.2, 0.25) is 5.91 Å². The topological polar surface area (TPSA) is 49.4 Å². The number of hydrogen-bond donors (Lipinski definition) is 1. The molecule has 1 N–H and O–H groups in total. The zero-order chi connectivity index (χ0) is 13.7. The van der Waals surface area contributed by atoms with Crippen LogP contribution in [0, 0.1) is 5.82 Å². The molecular weight excluding hydrogens is 303 g/mol. The number of amides is 2. The van der Waals surface area contributed by atoms with Crippen molar-refractivity contribution in [3.63, 3.8) is 0 Å². The molecule has 0 heterocycles. The van der Waals surface area contributed by atoms with Crippen LogP contribution in [-0.2, 0) is 4.79 Å². The van der Waals surface area contributed by atoms with Crippen molar-refractivity contribution in [1.82, 2.24) is 10.2 Å². The van der Waals surface area contributed by atoms with Gasteiger partial charge in [-0.15, -0.1) is 0 Å². The third-order valence-corrected chi connectivity index (χ3v) is 3.10. The van der Waals surface area contributed by atoms with Gasteiger partial charge < -0.3 is 10.2 Å². The lowest BCUT2D eigenvalue weighted by molar-refractivity contribution is -0.121. The summed E-state index contributed by atoms with van der Waals surface area (Å²) in [5.41, 5.74) is 0.335. The van der Waals surface area contributed by atoms with E-state index in [2.05, 4.69) is 21.2 Å². The molecule has 6 heteroatoms. The Bertz CT molecular complexity index is 465. The highest BCUT2D eigenvalue weighted by Crippen LogP contribution is 2.19. The summed E-state index contributed by atoms with van der Waals surface area (Å²) in [6.07, 6.45) is 0. The molecule has 98 valence electrons. The van der Waals surface area contributed by atoms with E-state index < -0.39 is 5.82 Å². The first-order chi connectivity index (χ1) is 8.49. The normalized spacial score (nSPS) is 10.0. The molecule has 1 aromatic rings. The van der Waals surface area contributed by atoms with Crippen LogP contribution < -0.4 is 5.32 Å². The highest BCUT2D eigenvalue weighted by molar-refractivity contribution is 9.10. The summed E-state index contributed by atoms with van der Waals surface area (Å²) in [7, 11) is 1.51. The van der Waals surface area contributed by atoms with E-state index in [1.54, 1.807) is 6.92 Å². The fourth-order valence-electron chi connectivity index (χ4n) is 1.41. The van der Waals surface area contributed by atoms with Gasteiger partial charge in [0.1, 0.15) is 5.82 Å². The molecule has 4 nitrogen and oxygen atoms in total. The Labute approximate surface area is 113 Å². The predicted octanol–water partition coefficient (Wildman–Crippen LogP) is 1.80. The van der Waals surface area contributed by atoms with E-state index in [-0.39, 0.29) is 18.4 Å². The number of hydrogen-bond acceptors (Lipinski definition) is 2. The molecule has 0 unspecified atom stereocenters. The van der Waals surface area contributed by atoms with Gasteiger partial charge >= 0.3 is 0 Å². The molecule has 1 rings (SSSR count). The van der Waals surface area contributed by atoms with E-state index in [9.17, 15) is 14.0 Å². The summed E-state index contributed by atoms with van der Waals surface area (Å²) in [6.45, 7) is 2.16. The standard InChI is InChI=1S/C12H14BrFN2O2/c1-3-16(7-11(17)15-2)12(18)9-5-4-8(14)6-10(9)13/h4-6H,3,7H2,1-2H3,(H,15,17). The molecule has 1 aromatic carbocycles. The van der Waals surface area contributed by atoms with Gasteiger partial charge in [0.15, 0.2) is 0 Å². The molecule has 0 fully saturated rings. The van der Waals surface area contributed by atoms with E-state index in [1.807, 2.05) is 0 Å². The van der Waals surface area contributed by atoms with Gasteiger partial charge in [-0.05, 0) is 41.1 Å². The minimum absolute atomic E-state index is 0.0182. The van der Waals surface area contributed by atoms with Crippen LogP contribution in [0.1, 0.15) is 17.3 Å². The molecular formula is C12H14BrFN2O2. The number of halogens is 2. The number of nitrogens with one attached hydrogen (secondary N) is 1. The lowest BCUT2D eigenvalue weighted by atomic mass is 10.2. The predicted molar refractivity (Wildman–Crippen MR) is 69.7 cm³/mol. The molecule has 0 spiro atoms. The minimum atomic E-state index is -0.423. The zero-order valence-electron chi connectivity index (χ0n) is 10.2. The van der Waals surface area contributed by atoms with E-state index in [4.69, 9.17) is 0 Å². The number of carbonyl (C=O) groups is 2. The van der Waals surface area contributed by atoms with Crippen molar-refractivity contribution >= 4 is 27.7 Å². The first-order valence-corrected chi connectivity index (χ1v) is 6.23. The van der Waals surface area contributed by atoms with Gasteiger partial charge in [-0.25, -0.2) is 4.39 Å². The van der Waals surface area contributed by atoms with Crippen molar-refractivity contribution < 1.29 is 14.0 Å². The minimum Gasteiger partial charge on any atom is -0.358 e. The van der Waals surface area contributed by atoms with Gasteiger partial charge in [-0.3, -0.25) is 9.59 Å². The first kappa shape index (κ1) is 14.6. The highest BCUT2D eigenvalue weighted by atomic mass is 79.9. The Kier molecular flexibility index (Phi) is 5.27. The van der Waals surface area contributed by atoms with Crippen LogP contribution in [0.3, 0.4) is 0 Å². The fraction of sp³-hybridized carbons (Fsp3) is 0.333. The molecule has 0 aliphatic carbocycles. The molecule has 0 aromatic heterocycles. The van der Waals surface area contributed by atoms with Crippen molar-refractivity contribution in [1.29, 1.82) is 0 Å². The summed E-state index contributed by atoms with van der Waals surface area (Å²) in [5, 5.41) is 2.46. The zero-order valence-corrected chi connectivity index (χ0v) is 11.8. The van der Waals surface area contributed by atoms with Gasteiger partial charge in [0.05, 0.1) is 12.1 Å². The lowest BCUT2D eigenvalue weighted by Gasteiger charge is -2.20. The molecule has 0 saturated heterocycles. The second kappa shape index (κ2) is 6.49. The van der Waals surface area contributed by atoms with Crippen LogP contribution in [0.4, 0.5) is 4.39 Å². The Hall–Kier alpha value is -1.43. The average Bonchev–Trinajstić information content (AvgIpc) is 2.34. The van der Waals surface area contributed by atoms with Crippen molar-refractivity contribution in [2.75, 3.05) is 20.1 Å². The lowest BCUT2D eigenvalue weighted by Crippen LogP contribution is -2.39. The number of rotatable bonds is 4. The average molecular weight is 317 g/mol. The largest absolute Gasteiger partial charge is 0.358 e. The number of nitrogens with zero attached hydrogens (tertiary/aromatic N) is 1. The van der Waals surface area contributed by atoms with Crippen LogP contribution in [0.25, 0.3) is 0 Å². The smallest absolute Gasteiger partial charge is 0.255 e. The van der Waals surface area contributed by atoms with Gasteiger partial charge in [0, 0.05) is 18.1 Å². The van der Waals surface area contributed by atoms with Gasteiger partial charge in [-0.2, -0.15) is 0 Å². The van der Waals surface area contributed by atoms with Crippen molar-refractivity contribution in [3.05, 3.63) is 34.1 Å². The third-order valence-electron chi connectivity index (χ3n) is 2.44. The first-order valence-electron chi connectivity index (χ1n) is 5.44. The van der Waals surface area contributed by atoms with E-state index >= 15 is 0 Å². The molecule has 2 amide bonds. The van der Waals surface area contributed by atoms with Crippen LogP contribution >= 0.6 is 15.9 Å². The second-order valence-electron chi connectivity index (χ2n) is 3.62. The van der Waals surface area contributed by atoms with Crippen LogP contribution in [0.2, 0.25) is 0 Å². The Balaban J connectivity index is 2.93. The van der Waals surface area contributed by atoms with Crippen molar-refractivity contribution in [3.8, 4) is 0 Å². The monoisotopic (exact) mass is 316 g/mol. The Morgan fingerprint density at radius 1 is 1.44 bits per heavy atom. The molecule has 0 aliphatic heterocycles. The third kappa shape index (κ3) is 3.53. The number of carbonyl (C=O) groups excluding carboxylic acids is 2. The van der Waals surface area contributed by atoms with E-state index in [1.165, 1.54) is 30.1 Å². The molecule has 0 aliphatic rings. The molecule has 0 atom stereocenters. The quantitative estimate of drug-likeness (QED) is 0.920. The second-order valence-corrected chi connectivity index (χ2v) is 4.47.